The third kappa shape index (κ3) is 2.55. The van der Waals surface area contributed by atoms with E-state index in [2.05, 4.69) is 20.9 Å². The molecule has 0 bridgehead atoms. The number of pyridine rings is 1. The lowest BCUT2D eigenvalue weighted by atomic mass is 10.0. The van der Waals surface area contributed by atoms with E-state index in [9.17, 15) is 0 Å². The van der Waals surface area contributed by atoms with Crippen molar-refractivity contribution in [2.45, 2.75) is 6.92 Å². The fourth-order valence-corrected chi connectivity index (χ4v) is 3.41. The third-order valence-electron chi connectivity index (χ3n) is 3.33. The zero-order valence-corrected chi connectivity index (χ0v) is 14.8. The second-order valence-corrected chi connectivity index (χ2v) is 6.64. The predicted octanol–water partition coefficient (Wildman–Crippen LogP) is 6.93. The number of halogens is 4. The SMILES string of the molecule is Cc1c(-c2ccccc2)nc2c(Cl)c(Cl)c(Br)cc2c1Cl. The largest absolute Gasteiger partial charge is 0.246 e. The van der Waals surface area contributed by atoms with Crippen molar-refractivity contribution in [2.24, 2.45) is 0 Å². The Balaban J connectivity index is 2.42. The van der Waals surface area contributed by atoms with Gasteiger partial charge in [0.1, 0.15) is 0 Å². The van der Waals surface area contributed by atoms with Gasteiger partial charge in [-0.25, -0.2) is 4.98 Å². The fourth-order valence-electron chi connectivity index (χ4n) is 2.24. The van der Waals surface area contributed by atoms with Crippen LogP contribution in [-0.2, 0) is 0 Å². The molecule has 5 heteroatoms. The summed E-state index contributed by atoms with van der Waals surface area (Å²) in [6, 6.07) is 11.7. The van der Waals surface area contributed by atoms with Gasteiger partial charge in [0.2, 0.25) is 0 Å². The molecule has 0 saturated carbocycles. The van der Waals surface area contributed by atoms with Crippen molar-refractivity contribution < 1.29 is 0 Å². The van der Waals surface area contributed by atoms with Gasteiger partial charge in [0.15, 0.2) is 0 Å². The molecule has 0 saturated heterocycles. The van der Waals surface area contributed by atoms with Crippen molar-refractivity contribution in [1.29, 1.82) is 0 Å². The second-order valence-electron chi connectivity index (χ2n) is 4.65. The van der Waals surface area contributed by atoms with Crippen LogP contribution in [0.2, 0.25) is 15.1 Å². The second kappa shape index (κ2) is 5.77. The van der Waals surface area contributed by atoms with E-state index in [0.29, 0.717) is 25.1 Å². The molecule has 0 aliphatic carbocycles. The number of benzene rings is 2. The van der Waals surface area contributed by atoms with Crippen LogP contribution >= 0.6 is 50.7 Å². The van der Waals surface area contributed by atoms with Gasteiger partial charge < -0.3 is 0 Å². The van der Waals surface area contributed by atoms with E-state index in [1.165, 1.54) is 0 Å². The van der Waals surface area contributed by atoms with Crippen molar-refractivity contribution >= 4 is 61.6 Å². The maximum Gasteiger partial charge on any atom is 0.0926 e. The van der Waals surface area contributed by atoms with Crippen LogP contribution in [0.1, 0.15) is 5.56 Å². The van der Waals surface area contributed by atoms with Crippen molar-refractivity contribution in [3.63, 3.8) is 0 Å². The molecular weight excluding hydrogens is 392 g/mol. The standard InChI is InChI=1S/C16H9BrCl3N/c1-8-12(18)10-7-11(17)13(19)14(20)16(10)21-15(8)9-5-3-2-4-6-9/h2-7H,1H3. The number of rotatable bonds is 1. The highest BCUT2D eigenvalue weighted by atomic mass is 79.9. The average molecular weight is 402 g/mol. The molecule has 0 spiro atoms. The topological polar surface area (TPSA) is 12.9 Å². The summed E-state index contributed by atoms with van der Waals surface area (Å²) in [7, 11) is 0. The van der Waals surface area contributed by atoms with Gasteiger partial charge in [0.05, 0.1) is 26.3 Å². The van der Waals surface area contributed by atoms with Crippen LogP contribution in [0.3, 0.4) is 0 Å². The summed E-state index contributed by atoms with van der Waals surface area (Å²) in [6.45, 7) is 1.95. The lowest BCUT2D eigenvalue weighted by Crippen LogP contribution is -1.93. The first kappa shape index (κ1) is 15.1. The Morgan fingerprint density at radius 3 is 2.29 bits per heavy atom. The van der Waals surface area contributed by atoms with Crippen LogP contribution in [0.25, 0.3) is 22.2 Å². The number of hydrogen-bond donors (Lipinski definition) is 0. The van der Waals surface area contributed by atoms with Crippen molar-refractivity contribution in [2.75, 3.05) is 0 Å². The Hall–Kier alpha value is -0.800. The Bertz CT molecular complexity index is 848. The van der Waals surface area contributed by atoms with Gasteiger partial charge in [-0.3, -0.25) is 0 Å². The highest BCUT2D eigenvalue weighted by Gasteiger charge is 2.17. The monoisotopic (exact) mass is 399 g/mol. The molecule has 1 heterocycles. The van der Waals surface area contributed by atoms with E-state index in [-0.39, 0.29) is 0 Å². The molecule has 0 fully saturated rings. The van der Waals surface area contributed by atoms with Gasteiger partial charge in [0, 0.05) is 15.4 Å². The van der Waals surface area contributed by atoms with Gasteiger partial charge in [-0.1, -0.05) is 65.1 Å². The van der Waals surface area contributed by atoms with E-state index in [0.717, 1.165) is 22.2 Å². The van der Waals surface area contributed by atoms with Crippen LogP contribution in [0, 0.1) is 6.92 Å². The Morgan fingerprint density at radius 1 is 0.952 bits per heavy atom. The molecule has 0 amide bonds. The fraction of sp³-hybridized carbons (Fsp3) is 0.0625. The molecule has 0 atom stereocenters. The van der Waals surface area contributed by atoms with E-state index in [1.54, 1.807) is 0 Å². The minimum absolute atomic E-state index is 0.403. The maximum absolute atomic E-state index is 6.51. The molecule has 0 aliphatic heterocycles. The lowest BCUT2D eigenvalue weighted by molar-refractivity contribution is 1.33. The molecule has 0 N–H and O–H groups in total. The van der Waals surface area contributed by atoms with Crippen LogP contribution < -0.4 is 0 Å². The van der Waals surface area contributed by atoms with Crippen LogP contribution in [0.4, 0.5) is 0 Å². The number of nitrogens with zero attached hydrogens (tertiary/aromatic N) is 1. The normalized spacial score (nSPS) is 11.1. The highest BCUT2D eigenvalue weighted by Crippen LogP contribution is 2.41. The summed E-state index contributed by atoms with van der Waals surface area (Å²) >= 11 is 22.4. The molecular formula is C16H9BrCl3N. The zero-order valence-electron chi connectivity index (χ0n) is 10.9. The first-order chi connectivity index (χ1) is 10.0. The molecule has 0 unspecified atom stereocenters. The van der Waals surface area contributed by atoms with E-state index >= 15 is 0 Å². The van der Waals surface area contributed by atoms with Crippen molar-refractivity contribution in [3.05, 3.63) is 61.5 Å². The Labute approximate surface area is 146 Å². The summed E-state index contributed by atoms with van der Waals surface area (Å²) in [4.78, 5) is 4.69. The first-order valence-electron chi connectivity index (χ1n) is 6.19. The summed E-state index contributed by atoms with van der Waals surface area (Å²) in [6.07, 6.45) is 0. The summed E-state index contributed by atoms with van der Waals surface area (Å²) in [5.74, 6) is 0. The smallest absolute Gasteiger partial charge is 0.0926 e. The van der Waals surface area contributed by atoms with Crippen molar-refractivity contribution in [3.8, 4) is 11.3 Å². The third-order valence-corrected chi connectivity index (χ3v) is 5.53. The number of fused-ring (bicyclic) bond motifs is 1. The quantitative estimate of drug-likeness (QED) is 0.403. The van der Waals surface area contributed by atoms with Crippen LogP contribution in [0.15, 0.2) is 40.9 Å². The van der Waals surface area contributed by atoms with Gasteiger partial charge >= 0.3 is 0 Å². The molecule has 21 heavy (non-hydrogen) atoms. The van der Waals surface area contributed by atoms with Gasteiger partial charge in [-0.2, -0.15) is 0 Å². The maximum atomic E-state index is 6.51. The van der Waals surface area contributed by atoms with Crippen LogP contribution in [-0.4, -0.2) is 4.98 Å². The molecule has 2 aromatic carbocycles. The van der Waals surface area contributed by atoms with Gasteiger partial charge in [-0.05, 0) is 34.5 Å². The van der Waals surface area contributed by atoms with Gasteiger partial charge in [-0.15, -0.1) is 0 Å². The molecule has 1 nitrogen and oxygen atoms in total. The summed E-state index contributed by atoms with van der Waals surface area (Å²) in [5, 5.41) is 2.27. The zero-order chi connectivity index (χ0) is 15.1. The van der Waals surface area contributed by atoms with Crippen LogP contribution in [0.5, 0.6) is 0 Å². The molecule has 1 aromatic heterocycles. The van der Waals surface area contributed by atoms with E-state index < -0.39 is 0 Å². The molecule has 3 rings (SSSR count). The number of hydrogen-bond acceptors (Lipinski definition) is 1. The highest BCUT2D eigenvalue weighted by molar-refractivity contribution is 9.10. The molecule has 0 radical (unpaired) electrons. The average Bonchev–Trinajstić information content (AvgIpc) is 2.50. The predicted molar refractivity (Wildman–Crippen MR) is 94.6 cm³/mol. The minimum Gasteiger partial charge on any atom is -0.246 e. The van der Waals surface area contributed by atoms with Crippen molar-refractivity contribution in [1.82, 2.24) is 4.98 Å². The summed E-state index contributed by atoms with van der Waals surface area (Å²) in [5.41, 5.74) is 3.34. The molecule has 0 aliphatic rings. The lowest BCUT2D eigenvalue weighted by Gasteiger charge is -2.13. The first-order valence-corrected chi connectivity index (χ1v) is 8.12. The Morgan fingerprint density at radius 2 is 1.62 bits per heavy atom. The summed E-state index contributed by atoms with van der Waals surface area (Å²) < 4.78 is 0.706. The van der Waals surface area contributed by atoms with Gasteiger partial charge in [0.25, 0.3) is 0 Å². The minimum atomic E-state index is 0.403. The van der Waals surface area contributed by atoms with E-state index in [1.807, 2.05) is 43.3 Å². The Kier molecular flexibility index (Phi) is 4.15. The molecule has 3 aromatic rings. The molecule has 106 valence electrons. The number of aromatic nitrogens is 1. The van der Waals surface area contributed by atoms with E-state index in [4.69, 9.17) is 34.8 Å².